The maximum atomic E-state index is 12.2. The number of nitrogens with one attached hydrogen (secondary N) is 1. The average molecular weight is 449 g/mol. The third-order valence-electron chi connectivity index (χ3n) is 4.22. The number of carboxylic acids is 1. The van der Waals surface area contributed by atoms with Gasteiger partial charge >= 0.3 is 12.0 Å². The van der Waals surface area contributed by atoms with E-state index in [4.69, 9.17) is 33.0 Å². The summed E-state index contributed by atoms with van der Waals surface area (Å²) in [6, 6.07) is 8.23. The number of likely N-dealkylation sites (N-methyl/N-ethyl adjacent to an activating group) is 1. The van der Waals surface area contributed by atoms with Gasteiger partial charge in [-0.05, 0) is 41.5 Å². The molecule has 154 valence electrons. The number of hydrogen-bond acceptors (Lipinski definition) is 5. The van der Waals surface area contributed by atoms with Crippen molar-refractivity contribution >= 4 is 53.1 Å². The van der Waals surface area contributed by atoms with Crippen molar-refractivity contribution in [2.75, 3.05) is 7.05 Å². The molecule has 1 fully saturated rings. The van der Waals surface area contributed by atoms with Crippen LogP contribution >= 0.6 is 23.2 Å². The Morgan fingerprint density at radius 3 is 2.30 bits per heavy atom. The Hall–Kier alpha value is -3.36. The van der Waals surface area contributed by atoms with Crippen molar-refractivity contribution in [1.82, 2.24) is 10.2 Å². The zero-order valence-electron chi connectivity index (χ0n) is 15.4. The SMILES string of the molecule is CN1C(=O)NC(=O)/C(=C/c2cc(Cl)c(OCc3ccc(C(=O)O)cc3)c(Cl)c2)C1=O. The molecule has 1 heterocycles. The second-order valence-electron chi connectivity index (χ2n) is 6.29. The van der Waals surface area contributed by atoms with Gasteiger partial charge in [-0.25, -0.2) is 9.59 Å². The molecule has 0 aliphatic carbocycles. The van der Waals surface area contributed by atoms with Gasteiger partial charge in [0.15, 0.2) is 5.75 Å². The number of urea groups is 1. The summed E-state index contributed by atoms with van der Waals surface area (Å²) in [4.78, 5) is 47.3. The van der Waals surface area contributed by atoms with Gasteiger partial charge in [0.05, 0.1) is 15.6 Å². The molecule has 4 amide bonds. The summed E-state index contributed by atoms with van der Waals surface area (Å²) in [7, 11) is 1.25. The van der Waals surface area contributed by atoms with E-state index in [1.807, 2.05) is 0 Å². The van der Waals surface area contributed by atoms with Gasteiger partial charge in [0.1, 0.15) is 12.2 Å². The predicted octanol–water partition coefficient (Wildman–Crippen LogP) is 3.36. The van der Waals surface area contributed by atoms with Crippen molar-refractivity contribution in [3.63, 3.8) is 0 Å². The van der Waals surface area contributed by atoms with Crippen LogP contribution in [0.4, 0.5) is 4.79 Å². The number of barbiturate groups is 1. The van der Waals surface area contributed by atoms with Gasteiger partial charge in [-0.3, -0.25) is 19.8 Å². The largest absolute Gasteiger partial charge is 0.486 e. The normalized spacial score (nSPS) is 15.4. The molecule has 1 aliphatic rings. The quantitative estimate of drug-likeness (QED) is 0.535. The minimum atomic E-state index is -1.03. The van der Waals surface area contributed by atoms with E-state index in [1.54, 1.807) is 12.1 Å². The zero-order valence-corrected chi connectivity index (χ0v) is 17.0. The Kier molecular flexibility index (Phi) is 6.09. The highest BCUT2D eigenvalue weighted by molar-refractivity contribution is 6.37. The maximum absolute atomic E-state index is 12.2. The van der Waals surface area contributed by atoms with E-state index in [1.165, 1.54) is 37.4 Å². The van der Waals surface area contributed by atoms with E-state index < -0.39 is 23.8 Å². The number of ether oxygens (including phenoxy) is 1. The molecule has 2 N–H and O–H groups in total. The maximum Gasteiger partial charge on any atom is 0.335 e. The number of carbonyl (C=O) groups is 4. The number of aromatic carboxylic acids is 1. The molecule has 0 unspecified atom stereocenters. The molecular formula is C20H14Cl2N2O6. The van der Waals surface area contributed by atoms with E-state index in [0.29, 0.717) is 11.1 Å². The summed E-state index contributed by atoms with van der Waals surface area (Å²) in [6.07, 6.45) is 1.27. The molecule has 1 aliphatic heterocycles. The molecule has 3 rings (SSSR count). The van der Waals surface area contributed by atoms with E-state index in [0.717, 1.165) is 4.90 Å². The monoisotopic (exact) mass is 448 g/mol. The lowest BCUT2D eigenvalue weighted by Gasteiger charge is -2.22. The number of nitrogens with zero attached hydrogens (tertiary/aromatic N) is 1. The molecule has 30 heavy (non-hydrogen) atoms. The van der Waals surface area contributed by atoms with Crippen LogP contribution < -0.4 is 10.1 Å². The van der Waals surface area contributed by atoms with E-state index in [2.05, 4.69) is 5.32 Å². The fraction of sp³-hybridized carbons (Fsp3) is 0.100. The Balaban J connectivity index is 1.80. The van der Waals surface area contributed by atoms with Crippen molar-refractivity contribution < 1.29 is 29.0 Å². The average Bonchev–Trinajstić information content (AvgIpc) is 2.69. The van der Waals surface area contributed by atoms with E-state index >= 15 is 0 Å². The third-order valence-corrected chi connectivity index (χ3v) is 4.78. The third kappa shape index (κ3) is 4.45. The highest BCUT2D eigenvalue weighted by Gasteiger charge is 2.33. The van der Waals surface area contributed by atoms with Gasteiger partial charge in [0.25, 0.3) is 11.8 Å². The van der Waals surface area contributed by atoms with Gasteiger partial charge in [0.2, 0.25) is 0 Å². The number of amides is 4. The van der Waals surface area contributed by atoms with Crippen molar-refractivity contribution in [1.29, 1.82) is 0 Å². The molecule has 10 heteroatoms. The van der Waals surface area contributed by atoms with Crippen LogP contribution in [-0.2, 0) is 16.2 Å². The van der Waals surface area contributed by atoms with Crippen LogP contribution in [-0.4, -0.2) is 40.9 Å². The summed E-state index contributed by atoms with van der Waals surface area (Å²) in [5.74, 6) is -2.41. The number of imide groups is 2. The lowest BCUT2D eigenvalue weighted by Crippen LogP contribution is -2.52. The topological polar surface area (TPSA) is 113 Å². The number of carbonyl (C=O) groups excluding carboxylic acids is 3. The molecular weight excluding hydrogens is 435 g/mol. The van der Waals surface area contributed by atoms with Crippen molar-refractivity contribution in [3.8, 4) is 5.75 Å². The first kappa shape index (κ1) is 21.4. The summed E-state index contributed by atoms with van der Waals surface area (Å²) < 4.78 is 5.64. The standard InChI is InChI=1S/C20H14Cl2N2O6/c1-24-18(26)13(17(25)23-20(24)29)6-11-7-14(21)16(15(22)8-11)30-9-10-2-4-12(5-3-10)19(27)28/h2-8H,9H2,1H3,(H,27,28)(H,23,25,29)/b13-6-. The minimum absolute atomic E-state index is 0.0908. The molecule has 0 spiro atoms. The summed E-state index contributed by atoms with van der Waals surface area (Å²) in [5, 5.41) is 11.3. The first-order valence-electron chi connectivity index (χ1n) is 8.46. The highest BCUT2D eigenvalue weighted by atomic mass is 35.5. The fourth-order valence-corrected chi connectivity index (χ4v) is 3.23. The number of carboxylic acid groups (broad SMARTS) is 1. The second-order valence-corrected chi connectivity index (χ2v) is 7.10. The van der Waals surface area contributed by atoms with Crippen LogP contribution in [0.3, 0.4) is 0 Å². The molecule has 0 saturated carbocycles. The number of rotatable bonds is 5. The van der Waals surface area contributed by atoms with Gasteiger partial charge in [-0.2, -0.15) is 0 Å². The van der Waals surface area contributed by atoms with Crippen molar-refractivity contribution in [3.05, 3.63) is 68.7 Å². The predicted molar refractivity (Wildman–Crippen MR) is 108 cm³/mol. The zero-order chi connectivity index (χ0) is 22.0. The Labute approximate surface area is 180 Å². The smallest absolute Gasteiger partial charge is 0.335 e. The Morgan fingerprint density at radius 1 is 1.13 bits per heavy atom. The molecule has 1 saturated heterocycles. The van der Waals surface area contributed by atoms with Crippen molar-refractivity contribution in [2.45, 2.75) is 6.61 Å². The first-order chi connectivity index (χ1) is 14.2. The molecule has 8 nitrogen and oxygen atoms in total. The molecule has 0 aromatic heterocycles. The lowest BCUT2D eigenvalue weighted by atomic mass is 10.1. The van der Waals surface area contributed by atoms with Gasteiger partial charge in [-0.15, -0.1) is 0 Å². The molecule has 0 atom stereocenters. The summed E-state index contributed by atoms with van der Waals surface area (Å²) in [6.45, 7) is 0.0908. The number of benzene rings is 2. The Bertz CT molecular complexity index is 1070. The van der Waals surface area contributed by atoms with Crippen LogP contribution in [0.1, 0.15) is 21.5 Å². The number of hydrogen-bond donors (Lipinski definition) is 2. The van der Waals surface area contributed by atoms with Crippen LogP contribution in [0.5, 0.6) is 5.75 Å². The minimum Gasteiger partial charge on any atom is -0.486 e. The fourth-order valence-electron chi connectivity index (χ4n) is 2.61. The number of halogens is 2. The van der Waals surface area contributed by atoms with Crippen LogP contribution in [0.15, 0.2) is 42.0 Å². The Morgan fingerprint density at radius 2 is 1.73 bits per heavy atom. The van der Waals surface area contributed by atoms with Gasteiger partial charge < -0.3 is 9.84 Å². The molecule has 2 aromatic carbocycles. The molecule has 0 bridgehead atoms. The van der Waals surface area contributed by atoms with Gasteiger partial charge in [0, 0.05) is 7.05 Å². The van der Waals surface area contributed by atoms with Crippen LogP contribution in [0, 0.1) is 0 Å². The summed E-state index contributed by atoms with van der Waals surface area (Å²) in [5.41, 5.74) is 0.984. The first-order valence-corrected chi connectivity index (χ1v) is 9.22. The van der Waals surface area contributed by atoms with Crippen LogP contribution in [0.2, 0.25) is 10.0 Å². The van der Waals surface area contributed by atoms with Crippen LogP contribution in [0.25, 0.3) is 6.08 Å². The summed E-state index contributed by atoms with van der Waals surface area (Å²) >= 11 is 12.5. The molecule has 2 aromatic rings. The van der Waals surface area contributed by atoms with Gasteiger partial charge in [-0.1, -0.05) is 35.3 Å². The molecule has 0 radical (unpaired) electrons. The van der Waals surface area contributed by atoms with E-state index in [-0.39, 0.29) is 33.5 Å². The van der Waals surface area contributed by atoms with Crippen molar-refractivity contribution in [2.24, 2.45) is 0 Å². The van der Waals surface area contributed by atoms with E-state index in [9.17, 15) is 19.2 Å². The lowest BCUT2D eigenvalue weighted by molar-refractivity contribution is -0.129. The second kappa shape index (κ2) is 8.56. The highest BCUT2D eigenvalue weighted by Crippen LogP contribution is 2.35.